The van der Waals surface area contributed by atoms with Gasteiger partial charge in [0.05, 0.1) is 13.2 Å². The Kier molecular flexibility index (Phi) is 4.09. The first-order valence-electron chi connectivity index (χ1n) is 6.40. The van der Waals surface area contributed by atoms with Crippen LogP contribution in [0.15, 0.2) is 18.2 Å². The van der Waals surface area contributed by atoms with Crippen LogP contribution in [0.25, 0.3) is 0 Å². The Hall–Kier alpha value is -1.26. The fourth-order valence-electron chi connectivity index (χ4n) is 2.03. The molecule has 1 aromatic carbocycles. The van der Waals surface area contributed by atoms with Crippen molar-refractivity contribution in [1.29, 1.82) is 0 Å². The van der Waals surface area contributed by atoms with E-state index in [1.165, 1.54) is 7.11 Å². The fourth-order valence-corrected chi connectivity index (χ4v) is 2.03. The van der Waals surface area contributed by atoms with Gasteiger partial charge in [0, 0.05) is 12.6 Å². The summed E-state index contributed by atoms with van der Waals surface area (Å²) in [7, 11) is 1.54. The SMILES string of the molecule is COc1cc(C(C)NCC(O)C2CC2)ccc1O. The molecule has 0 radical (unpaired) electrons. The number of nitrogens with one attached hydrogen (secondary N) is 1. The zero-order chi connectivity index (χ0) is 13.1. The van der Waals surface area contributed by atoms with Crippen LogP contribution < -0.4 is 10.1 Å². The lowest BCUT2D eigenvalue weighted by Crippen LogP contribution is -2.30. The Labute approximate surface area is 108 Å². The molecule has 1 fully saturated rings. The molecule has 4 nitrogen and oxygen atoms in total. The maximum Gasteiger partial charge on any atom is 0.160 e. The number of aromatic hydroxyl groups is 1. The highest BCUT2D eigenvalue weighted by atomic mass is 16.5. The third-order valence-corrected chi connectivity index (χ3v) is 3.50. The van der Waals surface area contributed by atoms with Gasteiger partial charge in [0.2, 0.25) is 0 Å². The zero-order valence-electron chi connectivity index (χ0n) is 10.9. The van der Waals surface area contributed by atoms with E-state index in [9.17, 15) is 10.2 Å². The second-order valence-electron chi connectivity index (χ2n) is 4.97. The predicted octanol–water partition coefficient (Wildman–Crippen LogP) is 1.82. The van der Waals surface area contributed by atoms with Crippen LogP contribution in [0, 0.1) is 5.92 Å². The highest BCUT2D eigenvalue weighted by Gasteiger charge is 2.29. The smallest absolute Gasteiger partial charge is 0.160 e. The molecule has 3 N–H and O–H groups in total. The molecule has 0 saturated heterocycles. The molecule has 0 spiro atoms. The van der Waals surface area contributed by atoms with Gasteiger partial charge in [0.1, 0.15) is 0 Å². The van der Waals surface area contributed by atoms with Crippen LogP contribution in [0.3, 0.4) is 0 Å². The molecular weight excluding hydrogens is 230 g/mol. The lowest BCUT2D eigenvalue weighted by atomic mass is 10.1. The maximum atomic E-state index is 9.80. The van der Waals surface area contributed by atoms with Gasteiger partial charge in [-0.1, -0.05) is 6.07 Å². The molecule has 100 valence electrons. The van der Waals surface area contributed by atoms with Gasteiger partial charge in [-0.15, -0.1) is 0 Å². The Morgan fingerprint density at radius 2 is 2.17 bits per heavy atom. The normalized spacial score (nSPS) is 18.4. The second kappa shape index (κ2) is 5.59. The van der Waals surface area contributed by atoms with E-state index in [1.807, 2.05) is 19.1 Å². The molecule has 18 heavy (non-hydrogen) atoms. The summed E-state index contributed by atoms with van der Waals surface area (Å²) in [4.78, 5) is 0. The topological polar surface area (TPSA) is 61.7 Å². The molecule has 0 aliphatic heterocycles. The molecule has 1 aromatic rings. The van der Waals surface area contributed by atoms with E-state index < -0.39 is 0 Å². The molecule has 2 atom stereocenters. The van der Waals surface area contributed by atoms with Crippen molar-refractivity contribution in [2.75, 3.05) is 13.7 Å². The number of ether oxygens (including phenoxy) is 1. The van der Waals surface area contributed by atoms with Gasteiger partial charge in [-0.2, -0.15) is 0 Å². The highest BCUT2D eigenvalue weighted by Crippen LogP contribution is 2.33. The molecule has 0 heterocycles. The first-order chi connectivity index (χ1) is 8.61. The number of benzene rings is 1. The van der Waals surface area contributed by atoms with E-state index in [2.05, 4.69) is 5.32 Å². The van der Waals surface area contributed by atoms with Crippen LogP contribution in [0.1, 0.15) is 31.4 Å². The number of hydrogen-bond acceptors (Lipinski definition) is 4. The molecule has 0 amide bonds. The molecule has 0 aromatic heterocycles. The first kappa shape index (κ1) is 13.2. The van der Waals surface area contributed by atoms with E-state index in [-0.39, 0.29) is 17.9 Å². The maximum absolute atomic E-state index is 9.80. The molecule has 2 unspecified atom stereocenters. The standard InChI is InChI=1S/C14H21NO3/c1-9(15-8-13(17)10-3-4-10)11-5-6-12(16)14(7-11)18-2/h5-7,9-10,13,15-17H,3-4,8H2,1-2H3. The third kappa shape index (κ3) is 3.15. The van der Waals surface area contributed by atoms with Crippen LogP contribution in [-0.2, 0) is 0 Å². The van der Waals surface area contributed by atoms with Crippen molar-refractivity contribution >= 4 is 0 Å². The molecule has 0 bridgehead atoms. The van der Waals surface area contributed by atoms with Crippen molar-refractivity contribution < 1.29 is 14.9 Å². The van der Waals surface area contributed by atoms with Crippen LogP contribution in [0.5, 0.6) is 11.5 Å². The molecule has 4 heteroatoms. The molecule has 1 saturated carbocycles. The monoisotopic (exact) mass is 251 g/mol. The Morgan fingerprint density at radius 3 is 2.78 bits per heavy atom. The summed E-state index contributed by atoms with van der Waals surface area (Å²) >= 11 is 0. The lowest BCUT2D eigenvalue weighted by molar-refractivity contribution is 0.145. The van der Waals surface area contributed by atoms with E-state index in [4.69, 9.17) is 4.74 Å². The number of phenolic OH excluding ortho intramolecular Hbond substituents is 1. The van der Waals surface area contributed by atoms with Gasteiger partial charge in [-0.25, -0.2) is 0 Å². The summed E-state index contributed by atoms with van der Waals surface area (Å²) in [6.07, 6.45) is 2.04. The third-order valence-electron chi connectivity index (χ3n) is 3.50. The summed E-state index contributed by atoms with van der Waals surface area (Å²) in [5, 5.41) is 22.6. The van der Waals surface area contributed by atoms with Crippen molar-refractivity contribution in [3.05, 3.63) is 23.8 Å². The van der Waals surface area contributed by atoms with Gasteiger partial charge in [-0.3, -0.25) is 0 Å². The molecule has 1 aliphatic carbocycles. The highest BCUT2D eigenvalue weighted by molar-refractivity contribution is 5.42. The Bertz CT molecular complexity index is 404. The van der Waals surface area contributed by atoms with E-state index in [0.717, 1.165) is 18.4 Å². The summed E-state index contributed by atoms with van der Waals surface area (Å²) in [5.41, 5.74) is 1.03. The minimum absolute atomic E-state index is 0.118. The van der Waals surface area contributed by atoms with Crippen molar-refractivity contribution in [2.24, 2.45) is 5.92 Å². The Balaban J connectivity index is 1.92. The summed E-state index contributed by atoms with van der Waals surface area (Å²) in [5.74, 6) is 1.11. The lowest BCUT2D eigenvalue weighted by Gasteiger charge is -2.18. The quantitative estimate of drug-likeness (QED) is 0.721. The number of aliphatic hydroxyl groups is 1. The molecule has 2 rings (SSSR count). The number of rotatable bonds is 6. The van der Waals surface area contributed by atoms with Gasteiger partial charge in [0.25, 0.3) is 0 Å². The van der Waals surface area contributed by atoms with E-state index >= 15 is 0 Å². The van der Waals surface area contributed by atoms with Gasteiger partial charge in [0.15, 0.2) is 11.5 Å². The first-order valence-corrected chi connectivity index (χ1v) is 6.40. The van der Waals surface area contributed by atoms with E-state index in [1.54, 1.807) is 6.07 Å². The zero-order valence-corrected chi connectivity index (χ0v) is 10.9. The number of hydrogen-bond donors (Lipinski definition) is 3. The fraction of sp³-hybridized carbons (Fsp3) is 0.571. The second-order valence-corrected chi connectivity index (χ2v) is 4.97. The van der Waals surface area contributed by atoms with E-state index in [0.29, 0.717) is 18.2 Å². The molecular formula is C14H21NO3. The van der Waals surface area contributed by atoms with Crippen LogP contribution in [0.4, 0.5) is 0 Å². The van der Waals surface area contributed by atoms with Crippen LogP contribution >= 0.6 is 0 Å². The van der Waals surface area contributed by atoms with Crippen LogP contribution in [0.2, 0.25) is 0 Å². The van der Waals surface area contributed by atoms with Crippen molar-refractivity contribution in [3.63, 3.8) is 0 Å². The summed E-state index contributed by atoms with van der Waals surface area (Å²) < 4.78 is 5.08. The van der Waals surface area contributed by atoms with Crippen molar-refractivity contribution in [2.45, 2.75) is 31.9 Å². The number of aliphatic hydroxyl groups excluding tert-OH is 1. The molecule has 1 aliphatic rings. The average Bonchev–Trinajstić information content (AvgIpc) is 3.20. The minimum atomic E-state index is -0.244. The van der Waals surface area contributed by atoms with Gasteiger partial charge >= 0.3 is 0 Å². The predicted molar refractivity (Wildman–Crippen MR) is 69.8 cm³/mol. The number of phenols is 1. The van der Waals surface area contributed by atoms with Crippen LogP contribution in [-0.4, -0.2) is 30.0 Å². The van der Waals surface area contributed by atoms with Gasteiger partial charge in [-0.05, 0) is 43.4 Å². The van der Waals surface area contributed by atoms with Crippen molar-refractivity contribution in [3.8, 4) is 11.5 Å². The van der Waals surface area contributed by atoms with Gasteiger partial charge < -0.3 is 20.3 Å². The number of methoxy groups -OCH3 is 1. The Morgan fingerprint density at radius 1 is 1.44 bits per heavy atom. The summed E-state index contributed by atoms with van der Waals surface area (Å²) in [6, 6.07) is 5.42. The average molecular weight is 251 g/mol. The van der Waals surface area contributed by atoms with Crippen molar-refractivity contribution in [1.82, 2.24) is 5.32 Å². The minimum Gasteiger partial charge on any atom is -0.504 e. The largest absolute Gasteiger partial charge is 0.504 e. The summed E-state index contributed by atoms with van der Waals surface area (Å²) in [6.45, 7) is 2.64.